The number of nitrogens with one attached hydrogen (secondary N) is 1. The zero-order chi connectivity index (χ0) is 14.5. The van der Waals surface area contributed by atoms with Crippen LogP contribution >= 0.6 is 11.6 Å². The SMILES string of the molecule is COc1ccc(Cl)c(NC(=O)N2CCCC(CO)C2)c1. The molecule has 0 bridgehead atoms. The van der Waals surface area contributed by atoms with Gasteiger partial charge in [0.1, 0.15) is 5.75 Å². The number of benzene rings is 1. The molecule has 2 rings (SSSR count). The van der Waals surface area contributed by atoms with Gasteiger partial charge in [-0.3, -0.25) is 0 Å². The predicted molar refractivity (Wildman–Crippen MR) is 78.4 cm³/mol. The molecule has 1 saturated heterocycles. The van der Waals surface area contributed by atoms with Crippen LogP contribution in [0.4, 0.5) is 10.5 Å². The van der Waals surface area contributed by atoms with Crippen molar-refractivity contribution < 1.29 is 14.6 Å². The average molecular weight is 299 g/mol. The van der Waals surface area contributed by atoms with Gasteiger partial charge in [0, 0.05) is 25.8 Å². The first-order valence-electron chi connectivity index (χ1n) is 6.64. The zero-order valence-electron chi connectivity index (χ0n) is 11.4. The van der Waals surface area contributed by atoms with E-state index in [1.807, 2.05) is 0 Å². The van der Waals surface area contributed by atoms with E-state index >= 15 is 0 Å². The molecule has 5 nitrogen and oxygen atoms in total. The maximum Gasteiger partial charge on any atom is 0.321 e. The van der Waals surface area contributed by atoms with Crippen LogP contribution in [0, 0.1) is 5.92 Å². The Morgan fingerprint density at radius 3 is 3.10 bits per heavy atom. The van der Waals surface area contributed by atoms with E-state index in [9.17, 15) is 9.90 Å². The molecule has 0 radical (unpaired) electrons. The van der Waals surface area contributed by atoms with Gasteiger partial charge in [0.25, 0.3) is 0 Å². The predicted octanol–water partition coefficient (Wildman–Crippen LogP) is 2.58. The van der Waals surface area contributed by atoms with E-state index in [0.717, 1.165) is 12.8 Å². The van der Waals surface area contributed by atoms with Crippen LogP contribution in [0.5, 0.6) is 5.75 Å². The highest BCUT2D eigenvalue weighted by molar-refractivity contribution is 6.33. The molecular formula is C14H19ClN2O3. The Morgan fingerprint density at radius 1 is 1.60 bits per heavy atom. The number of hydrogen-bond donors (Lipinski definition) is 2. The van der Waals surface area contributed by atoms with Crippen molar-refractivity contribution in [1.82, 2.24) is 4.90 Å². The number of amides is 2. The number of halogens is 1. The van der Waals surface area contributed by atoms with Crippen LogP contribution in [0.2, 0.25) is 5.02 Å². The quantitative estimate of drug-likeness (QED) is 0.901. The normalized spacial score (nSPS) is 18.8. The van der Waals surface area contributed by atoms with E-state index in [-0.39, 0.29) is 18.6 Å². The lowest BCUT2D eigenvalue weighted by Gasteiger charge is -2.31. The molecule has 110 valence electrons. The number of aliphatic hydroxyl groups excluding tert-OH is 1. The Balaban J connectivity index is 2.03. The number of ether oxygens (including phenoxy) is 1. The molecule has 6 heteroatoms. The summed E-state index contributed by atoms with van der Waals surface area (Å²) < 4.78 is 5.11. The lowest BCUT2D eigenvalue weighted by Crippen LogP contribution is -2.43. The van der Waals surface area contributed by atoms with Crippen LogP contribution in [0.1, 0.15) is 12.8 Å². The second kappa shape index (κ2) is 6.81. The second-order valence-corrected chi connectivity index (χ2v) is 5.32. The number of nitrogens with zero attached hydrogens (tertiary/aromatic N) is 1. The number of methoxy groups -OCH3 is 1. The molecule has 0 aromatic heterocycles. The minimum Gasteiger partial charge on any atom is -0.497 e. The first kappa shape index (κ1) is 14.9. The van der Waals surface area contributed by atoms with Crippen molar-refractivity contribution in [3.63, 3.8) is 0 Å². The third-order valence-corrected chi connectivity index (χ3v) is 3.81. The number of aliphatic hydroxyl groups is 1. The Morgan fingerprint density at radius 2 is 2.40 bits per heavy atom. The molecule has 0 spiro atoms. The number of carbonyl (C=O) groups excluding carboxylic acids is 1. The van der Waals surface area contributed by atoms with Crippen molar-refractivity contribution in [2.45, 2.75) is 12.8 Å². The molecule has 1 atom stereocenters. The first-order chi connectivity index (χ1) is 9.63. The van der Waals surface area contributed by atoms with Gasteiger partial charge in [-0.1, -0.05) is 11.6 Å². The number of rotatable bonds is 3. The summed E-state index contributed by atoms with van der Waals surface area (Å²) in [6.07, 6.45) is 1.87. The van der Waals surface area contributed by atoms with E-state index in [0.29, 0.717) is 29.5 Å². The van der Waals surface area contributed by atoms with Gasteiger partial charge in [-0.15, -0.1) is 0 Å². The van der Waals surface area contributed by atoms with Gasteiger partial charge in [0.2, 0.25) is 0 Å². The fraction of sp³-hybridized carbons (Fsp3) is 0.500. The second-order valence-electron chi connectivity index (χ2n) is 4.91. The summed E-state index contributed by atoms with van der Waals surface area (Å²) >= 11 is 6.06. The molecule has 1 aromatic rings. The molecule has 0 saturated carbocycles. The third-order valence-electron chi connectivity index (χ3n) is 3.48. The van der Waals surface area contributed by atoms with Crippen LogP contribution in [-0.4, -0.2) is 42.8 Å². The highest BCUT2D eigenvalue weighted by Crippen LogP contribution is 2.27. The molecule has 1 heterocycles. The van der Waals surface area contributed by atoms with Crippen LogP contribution in [-0.2, 0) is 0 Å². The van der Waals surface area contributed by atoms with Crippen molar-refractivity contribution in [1.29, 1.82) is 0 Å². The lowest BCUT2D eigenvalue weighted by atomic mass is 9.99. The monoisotopic (exact) mass is 298 g/mol. The smallest absolute Gasteiger partial charge is 0.321 e. The topological polar surface area (TPSA) is 61.8 Å². The van der Waals surface area contributed by atoms with Crippen LogP contribution in [0.3, 0.4) is 0 Å². The van der Waals surface area contributed by atoms with E-state index in [2.05, 4.69) is 5.32 Å². The Bertz CT molecular complexity index is 481. The van der Waals surface area contributed by atoms with Gasteiger partial charge in [-0.05, 0) is 30.9 Å². The summed E-state index contributed by atoms with van der Waals surface area (Å²) in [4.78, 5) is 13.9. The van der Waals surface area contributed by atoms with Crippen molar-refractivity contribution >= 4 is 23.3 Å². The number of carbonyl (C=O) groups is 1. The Hall–Kier alpha value is -1.46. The summed E-state index contributed by atoms with van der Waals surface area (Å²) in [6, 6.07) is 4.91. The third kappa shape index (κ3) is 3.55. The van der Waals surface area contributed by atoms with Gasteiger partial charge >= 0.3 is 6.03 Å². The molecular weight excluding hydrogens is 280 g/mol. The van der Waals surface area contributed by atoms with Crippen LogP contribution in [0.25, 0.3) is 0 Å². The summed E-state index contributed by atoms with van der Waals surface area (Å²) in [7, 11) is 1.56. The Kier molecular flexibility index (Phi) is 5.09. The van der Waals surface area contributed by atoms with Gasteiger partial charge in [-0.2, -0.15) is 0 Å². The van der Waals surface area contributed by atoms with Gasteiger partial charge in [0.05, 0.1) is 17.8 Å². The molecule has 0 aliphatic carbocycles. The average Bonchev–Trinajstić information content (AvgIpc) is 2.49. The van der Waals surface area contributed by atoms with Crippen LogP contribution in [0.15, 0.2) is 18.2 Å². The molecule has 1 fully saturated rings. The molecule has 1 aliphatic rings. The Labute approximate surface area is 123 Å². The molecule has 1 unspecified atom stereocenters. The summed E-state index contributed by atoms with van der Waals surface area (Å²) in [5, 5.41) is 12.5. The lowest BCUT2D eigenvalue weighted by molar-refractivity contribution is 0.136. The van der Waals surface area contributed by atoms with Crippen molar-refractivity contribution in [3.8, 4) is 5.75 Å². The highest BCUT2D eigenvalue weighted by atomic mass is 35.5. The van der Waals surface area contributed by atoms with Crippen molar-refractivity contribution in [2.75, 3.05) is 32.1 Å². The van der Waals surface area contributed by atoms with E-state index in [4.69, 9.17) is 16.3 Å². The van der Waals surface area contributed by atoms with Gasteiger partial charge in [0.15, 0.2) is 0 Å². The summed E-state index contributed by atoms with van der Waals surface area (Å²) in [5.41, 5.74) is 0.530. The molecule has 1 aromatic carbocycles. The largest absolute Gasteiger partial charge is 0.497 e. The molecule has 2 amide bonds. The highest BCUT2D eigenvalue weighted by Gasteiger charge is 2.23. The fourth-order valence-corrected chi connectivity index (χ4v) is 2.48. The number of anilines is 1. The van der Waals surface area contributed by atoms with Crippen molar-refractivity contribution in [3.05, 3.63) is 23.2 Å². The summed E-state index contributed by atoms with van der Waals surface area (Å²) in [5.74, 6) is 0.798. The fourth-order valence-electron chi connectivity index (χ4n) is 2.32. The first-order valence-corrected chi connectivity index (χ1v) is 7.02. The number of hydrogen-bond acceptors (Lipinski definition) is 3. The number of likely N-dealkylation sites (tertiary alicyclic amines) is 1. The maximum absolute atomic E-state index is 12.2. The number of piperidine rings is 1. The minimum absolute atomic E-state index is 0.115. The van der Waals surface area contributed by atoms with Gasteiger partial charge in [-0.25, -0.2) is 4.79 Å². The standard InChI is InChI=1S/C14H19ClN2O3/c1-20-11-4-5-12(15)13(7-11)16-14(19)17-6-2-3-10(8-17)9-18/h4-5,7,10,18H,2-3,6,8-9H2,1H3,(H,16,19). The zero-order valence-corrected chi connectivity index (χ0v) is 12.2. The molecule has 1 aliphatic heterocycles. The van der Waals surface area contributed by atoms with Crippen LogP contribution < -0.4 is 10.1 Å². The van der Waals surface area contributed by atoms with E-state index in [1.54, 1.807) is 30.2 Å². The number of urea groups is 1. The van der Waals surface area contributed by atoms with E-state index < -0.39 is 0 Å². The summed E-state index contributed by atoms with van der Waals surface area (Å²) in [6.45, 7) is 1.39. The molecule has 20 heavy (non-hydrogen) atoms. The van der Waals surface area contributed by atoms with Gasteiger partial charge < -0.3 is 20.1 Å². The minimum atomic E-state index is -0.196. The maximum atomic E-state index is 12.2. The van der Waals surface area contributed by atoms with E-state index in [1.165, 1.54) is 0 Å². The van der Waals surface area contributed by atoms with Crippen molar-refractivity contribution in [2.24, 2.45) is 5.92 Å². The molecule has 2 N–H and O–H groups in total.